The van der Waals surface area contributed by atoms with Crippen LogP contribution in [-0.4, -0.2) is 48.8 Å². The van der Waals surface area contributed by atoms with Crippen molar-refractivity contribution in [1.29, 1.82) is 0 Å². The number of rotatable bonds is 6. The molecule has 2 fully saturated rings. The van der Waals surface area contributed by atoms with Gasteiger partial charge in [0, 0.05) is 31.7 Å². The number of nitrogens with one attached hydrogen (secondary N) is 1. The predicted molar refractivity (Wildman–Crippen MR) is 104 cm³/mol. The highest BCUT2D eigenvalue weighted by atomic mass is 16.2. The van der Waals surface area contributed by atoms with Gasteiger partial charge in [-0.1, -0.05) is 32.0 Å². The number of para-hydroxylation sites is 1. The molecule has 3 rings (SSSR count). The molecule has 2 atom stereocenters. The fourth-order valence-electron chi connectivity index (χ4n) is 3.87. The van der Waals surface area contributed by atoms with Crippen LogP contribution in [0.5, 0.6) is 0 Å². The lowest BCUT2D eigenvalue weighted by atomic mass is 9.96. The summed E-state index contributed by atoms with van der Waals surface area (Å²) in [5.74, 6) is -0.339. The first kappa shape index (κ1) is 19.4. The number of hydrogen-bond acceptors (Lipinski definition) is 3. The SMILES string of the molecule is CCC(C)c1ccccc1N1CC(C(=O)NCC(=O)N2CCCC2)CC1=O. The second kappa shape index (κ2) is 8.55. The van der Waals surface area contributed by atoms with E-state index in [4.69, 9.17) is 0 Å². The number of amides is 3. The highest BCUT2D eigenvalue weighted by Gasteiger charge is 2.36. The van der Waals surface area contributed by atoms with E-state index in [2.05, 4.69) is 25.2 Å². The number of carbonyl (C=O) groups is 3. The highest BCUT2D eigenvalue weighted by molar-refractivity contribution is 6.01. The Hall–Kier alpha value is -2.37. The third-order valence-corrected chi connectivity index (χ3v) is 5.74. The molecule has 2 saturated heterocycles. The number of hydrogen-bond donors (Lipinski definition) is 1. The summed E-state index contributed by atoms with van der Waals surface area (Å²) in [6.45, 7) is 6.21. The summed E-state index contributed by atoms with van der Waals surface area (Å²) in [5, 5.41) is 2.73. The number of likely N-dealkylation sites (tertiary alicyclic amines) is 1. The molecule has 2 aliphatic rings. The standard InChI is InChI=1S/C21H29N3O3/c1-3-15(2)17-8-4-5-9-18(17)24-14-16(12-19(24)25)21(27)22-13-20(26)23-10-6-7-11-23/h4-5,8-9,15-16H,3,6-7,10-14H2,1-2H3,(H,22,27). The van der Waals surface area contributed by atoms with E-state index >= 15 is 0 Å². The van der Waals surface area contributed by atoms with Crippen LogP contribution in [0.15, 0.2) is 24.3 Å². The van der Waals surface area contributed by atoms with Crippen molar-refractivity contribution in [3.05, 3.63) is 29.8 Å². The molecule has 2 unspecified atom stereocenters. The summed E-state index contributed by atoms with van der Waals surface area (Å²) < 4.78 is 0. The maximum atomic E-state index is 12.6. The molecule has 2 aliphatic heterocycles. The van der Waals surface area contributed by atoms with Gasteiger partial charge in [-0.25, -0.2) is 0 Å². The van der Waals surface area contributed by atoms with Crippen LogP contribution >= 0.6 is 0 Å². The van der Waals surface area contributed by atoms with E-state index in [1.165, 1.54) is 0 Å². The second-order valence-corrected chi connectivity index (χ2v) is 7.58. The maximum absolute atomic E-state index is 12.6. The average molecular weight is 371 g/mol. The van der Waals surface area contributed by atoms with Crippen LogP contribution in [0.1, 0.15) is 51.0 Å². The molecule has 0 aliphatic carbocycles. The fraction of sp³-hybridized carbons (Fsp3) is 0.571. The van der Waals surface area contributed by atoms with E-state index in [9.17, 15) is 14.4 Å². The van der Waals surface area contributed by atoms with Gasteiger partial charge in [0.2, 0.25) is 17.7 Å². The lowest BCUT2D eigenvalue weighted by Crippen LogP contribution is -2.41. The first-order valence-electron chi connectivity index (χ1n) is 9.96. The monoisotopic (exact) mass is 371 g/mol. The van der Waals surface area contributed by atoms with E-state index in [1.54, 1.807) is 9.80 Å². The Balaban J connectivity index is 1.62. The van der Waals surface area contributed by atoms with Gasteiger partial charge in [0.05, 0.1) is 12.5 Å². The first-order valence-corrected chi connectivity index (χ1v) is 9.96. The van der Waals surface area contributed by atoms with E-state index < -0.39 is 5.92 Å². The van der Waals surface area contributed by atoms with Crippen molar-refractivity contribution in [2.45, 2.75) is 45.4 Å². The van der Waals surface area contributed by atoms with Crippen molar-refractivity contribution in [1.82, 2.24) is 10.2 Å². The van der Waals surface area contributed by atoms with Gasteiger partial charge in [-0.2, -0.15) is 0 Å². The zero-order valence-electron chi connectivity index (χ0n) is 16.2. The molecule has 1 aromatic carbocycles. The van der Waals surface area contributed by atoms with Crippen LogP contribution in [0.4, 0.5) is 5.69 Å². The van der Waals surface area contributed by atoms with Crippen LogP contribution in [0.3, 0.4) is 0 Å². The Kier molecular flexibility index (Phi) is 6.14. The molecule has 0 spiro atoms. The highest BCUT2D eigenvalue weighted by Crippen LogP contribution is 2.33. The van der Waals surface area contributed by atoms with Crippen molar-refractivity contribution < 1.29 is 14.4 Å². The van der Waals surface area contributed by atoms with Crippen molar-refractivity contribution in [3.8, 4) is 0 Å². The van der Waals surface area contributed by atoms with Crippen LogP contribution in [-0.2, 0) is 14.4 Å². The molecule has 1 aromatic rings. The van der Waals surface area contributed by atoms with Crippen molar-refractivity contribution >= 4 is 23.4 Å². The van der Waals surface area contributed by atoms with E-state index in [-0.39, 0.29) is 30.7 Å². The lowest BCUT2D eigenvalue weighted by molar-refractivity contribution is -0.133. The molecule has 0 radical (unpaired) electrons. The van der Waals surface area contributed by atoms with Crippen LogP contribution < -0.4 is 10.2 Å². The lowest BCUT2D eigenvalue weighted by Gasteiger charge is -2.23. The number of carbonyl (C=O) groups excluding carboxylic acids is 3. The van der Waals surface area contributed by atoms with Gasteiger partial charge in [-0.3, -0.25) is 14.4 Å². The molecule has 0 saturated carbocycles. The summed E-state index contributed by atoms with van der Waals surface area (Å²) in [5.41, 5.74) is 2.04. The summed E-state index contributed by atoms with van der Waals surface area (Å²) in [6.07, 6.45) is 3.24. The minimum Gasteiger partial charge on any atom is -0.347 e. The Morgan fingerprint density at radius 1 is 1.22 bits per heavy atom. The Labute approximate surface area is 160 Å². The number of benzene rings is 1. The van der Waals surface area contributed by atoms with E-state index in [1.807, 2.05) is 18.2 Å². The minimum atomic E-state index is -0.408. The maximum Gasteiger partial charge on any atom is 0.241 e. The minimum absolute atomic E-state index is 0.0208. The molecule has 0 aromatic heterocycles. The predicted octanol–water partition coefficient (Wildman–Crippen LogP) is 2.29. The number of nitrogens with zero attached hydrogens (tertiary/aromatic N) is 2. The van der Waals surface area contributed by atoms with Gasteiger partial charge in [0.25, 0.3) is 0 Å². The molecular weight excluding hydrogens is 342 g/mol. The summed E-state index contributed by atoms with van der Waals surface area (Å²) in [6, 6.07) is 7.92. The van der Waals surface area contributed by atoms with Gasteiger partial charge in [-0.15, -0.1) is 0 Å². The number of anilines is 1. The first-order chi connectivity index (χ1) is 13.0. The third-order valence-electron chi connectivity index (χ3n) is 5.74. The summed E-state index contributed by atoms with van der Waals surface area (Å²) in [7, 11) is 0. The van der Waals surface area contributed by atoms with Gasteiger partial charge >= 0.3 is 0 Å². The van der Waals surface area contributed by atoms with E-state index in [0.29, 0.717) is 12.5 Å². The summed E-state index contributed by atoms with van der Waals surface area (Å²) >= 11 is 0. The van der Waals surface area contributed by atoms with Crippen molar-refractivity contribution in [2.24, 2.45) is 5.92 Å². The zero-order chi connectivity index (χ0) is 19.4. The molecule has 2 heterocycles. The smallest absolute Gasteiger partial charge is 0.241 e. The molecular formula is C21H29N3O3. The largest absolute Gasteiger partial charge is 0.347 e. The molecule has 27 heavy (non-hydrogen) atoms. The normalized spacial score (nSPS) is 20.8. The fourth-order valence-corrected chi connectivity index (χ4v) is 3.87. The Bertz CT molecular complexity index is 712. The van der Waals surface area contributed by atoms with Crippen LogP contribution in [0.2, 0.25) is 0 Å². The molecule has 0 bridgehead atoms. The Morgan fingerprint density at radius 3 is 2.63 bits per heavy atom. The van der Waals surface area contributed by atoms with Crippen molar-refractivity contribution in [2.75, 3.05) is 31.1 Å². The molecule has 3 amide bonds. The zero-order valence-corrected chi connectivity index (χ0v) is 16.2. The van der Waals surface area contributed by atoms with E-state index in [0.717, 1.165) is 43.6 Å². The molecule has 1 N–H and O–H groups in total. The Morgan fingerprint density at radius 2 is 1.93 bits per heavy atom. The third kappa shape index (κ3) is 4.31. The van der Waals surface area contributed by atoms with Gasteiger partial charge < -0.3 is 15.1 Å². The second-order valence-electron chi connectivity index (χ2n) is 7.58. The average Bonchev–Trinajstić information content (AvgIpc) is 3.35. The quantitative estimate of drug-likeness (QED) is 0.834. The van der Waals surface area contributed by atoms with Crippen LogP contribution in [0.25, 0.3) is 0 Å². The molecule has 6 heteroatoms. The molecule has 6 nitrogen and oxygen atoms in total. The van der Waals surface area contributed by atoms with Gasteiger partial charge in [-0.05, 0) is 36.8 Å². The molecule has 146 valence electrons. The van der Waals surface area contributed by atoms with Crippen LogP contribution in [0, 0.1) is 5.92 Å². The summed E-state index contributed by atoms with van der Waals surface area (Å²) in [4.78, 5) is 40.7. The van der Waals surface area contributed by atoms with Crippen molar-refractivity contribution in [3.63, 3.8) is 0 Å². The van der Waals surface area contributed by atoms with Gasteiger partial charge in [0.15, 0.2) is 0 Å². The van der Waals surface area contributed by atoms with Gasteiger partial charge in [0.1, 0.15) is 0 Å². The topological polar surface area (TPSA) is 69.7 Å².